The molecule has 3 heteroatoms. The molecule has 0 N–H and O–H groups in total. The van der Waals surface area contributed by atoms with Crippen LogP contribution in [0.4, 0.5) is 0 Å². The Bertz CT molecular complexity index is 573. The summed E-state index contributed by atoms with van der Waals surface area (Å²) in [5.41, 5.74) is 4.55. The maximum atomic E-state index is 12.1. The standard InChI is InChI=1S/C15H15ClO2/c1-9-6-10(2)12(11(3)7-9)8-13(17)14-4-5-15(16)18-14/h4-7H,8H2,1-3H3. The van der Waals surface area contributed by atoms with Gasteiger partial charge in [0.25, 0.3) is 0 Å². The maximum absolute atomic E-state index is 12.1. The summed E-state index contributed by atoms with van der Waals surface area (Å²) in [6.45, 7) is 6.10. The van der Waals surface area contributed by atoms with Gasteiger partial charge in [-0.15, -0.1) is 0 Å². The molecule has 0 saturated heterocycles. The molecule has 0 spiro atoms. The van der Waals surface area contributed by atoms with Gasteiger partial charge in [0, 0.05) is 6.42 Å². The van der Waals surface area contributed by atoms with Gasteiger partial charge in [0.1, 0.15) is 0 Å². The number of furan rings is 1. The fourth-order valence-electron chi connectivity index (χ4n) is 2.20. The highest BCUT2D eigenvalue weighted by Gasteiger charge is 2.14. The van der Waals surface area contributed by atoms with Gasteiger partial charge in [0.05, 0.1) is 0 Å². The van der Waals surface area contributed by atoms with Crippen molar-refractivity contribution < 1.29 is 9.21 Å². The molecule has 0 aliphatic rings. The lowest BCUT2D eigenvalue weighted by Crippen LogP contribution is -2.06. The monoisotopic (exact) mass is 262 g/mol. The molecule has 0 aliphatic carbocycles. The molecule has 1 aromatic heterocycles. The van der Waals surface area contributed by atoms with Crippen LogP contribution in [0.25, 0.3) is 0 Å². The number of hydrogen-bond donors (Lipinski definition) is 0. The maximum Gasteiger partial charge on any atom is 0.202 e. The smallest absolute Gasteiger partial charge is 0.202 e. The van der Waals surface area contributed by atoms with Gasteiger partial charge in [-0.25, -0.2) is 0 Å². The van der Waals surface area contributed by atoms with Gasteiger partial charge in [-0.05, 0) is 61.2 Å². The van der Waals surface area contributed by atoms with Crippen molar-refractivity contribution in [1.82, 2.24) is 0 Å². The molecule has 0 radical (unpaired) electrons. The first-order valence-electron chi connectivity index (χ1n) is 5.82. The van der Waals surface area contributed by atoms with Crippen LogP contribution in [0.2, 0.25) is 5.22 Å². The number of halogens is 1. The summed E-state index contributed by atoms with van der Waals surface area (Å²) in [6.07, 6.45) is 0.349. The minimum Gasteiger partial charge on any atom is -0.442 e. The van der Waals surface area contributed by atoms with E-state index in [0.717, 1.165) is 16.7 Å². The SMILES string of the molecule is Cc1cc(C)c(CC(=O)c2ccc(Cl)o2)c(C)c1. The lowest BCUT2D eigenvalue weighted by Gasteiger charge is -2.09. The molecule has 0 saturated carbocycles. The zero-order valence-electron chi connectivity index (χ0n) is 10.7. The van der Waals surface area contributed by atoms with Crippen molar-refractivity contribution in [3.05, 3.63) is 57.5 Å². The molecule has 0 amide bonds. The van der Waals surface area contributed by atoms with Crippen LogP contribution in [0.1, 0.15) is 32.8 Å². The molecular formula is C15H15ClO2. The minimum absolute atomic E-state index is 0.0445. The molecule has 18 heavy (non-hydrogen) atoms. The number of ketones is 1. The number of Topliss-reactive ketones (excluding diaryl/α,β-unsaturated/α-hetero) is 1. The van der Waals surface area contributed by atoms with Gasteiger partial charge >= 0.3 is 0 Å². The van der Waals surface area contributed by atoms with Gasteiger partial charge in [-0.1, -0.05) is 17.7 Å². The van der Waals surface area contributed by atoms with Crippen LogP contribution >= 0.6 is 11.6 Å². The molecule has 0 unspecified atom stereocenters. The molecule has 2 nitrogen and oxygen atoms in total. The first-order chi connectivity index (χ1) is 8.47. The molecule has 94 valence electrons. The van der Waals surface area contributed by atoms with Crippen LogP contribution in [0.5, 0.6) is 0 Å². The Morgan fingerprint density at radius 1 is 1.17 bits per heavy atom. The lowest BCUT2D eigenvalue weighted by molar-refractivity contribution is 0.0966. The van der Waals surface area contributed by atoms with E-state index in [1.165, 1.54) is 5.56 Å². The highest BCUT2D eigenvalue weighted by Crippen LogP contribution is 2.20. The van der Waals surface area contributed by atoms with E-state index >= 15 is 0 Å². The molecule has 0 bridgehead atoms. The molecule has 2 rings (SSSR count). The Morgan fingerprint density at radius 2 is 1.78 bits per heavy atom. The van der Waals surface area contributed by atoms with Crippen molar-refractivity contribution >= 4 is 17.4 Å². The van der Waals surface area contributed by atoms with E-state index in [4.69, 9.17) is 16.0 Å². The summed E-state index contributed by atoms with van der Waals surface area (Å²) in [7, 11) is 0. The summed E-state index contributed by atoms with van der Waals surface area (Å²) in [5.74, 6) is 0.274. The van der Waals surface area contributed by atoms with Crippen molar-refractivity contribution in [2.75, 3.05) is 0 Å². The van der Waals surface area contributed by atoms with Crippen LogP contribution in [-0.2, 0) is 6.42 Å². The van der Waals surface area contributed by atoms with Gasteiger partial charge in [0.2, 0.25) is 5.78 Å². The second-order valence-corrected chi connectivity index (χ2v) is 4.95. The number of benzene rings is 1. The van der Waals surface area contributed by atoms with Crippen LogP contribution in [0, 0.1) is 20.8 Å². The van der Waals surface area contributed by atoms with E-state index < -0.39 is 0 Å². The van der Waals surface area contributed by atoms with Crippen molar-refractivity contribution in [2.45, 2.75) is 27.2 Å². The number of rotatable bonds is 3. The van der Waals surface area contributed by atoms with E-state index in [1.807, 2.05) is 13.8 Å². The summed E-state index contributed by atoms with van der Waals surface area (Å²) >= 11 is 5.67. The second kappa shape index (κ2) is 4.99. The minimum atomic E-state index is -0.0445. The molecule has 2 aromatic rings. The summed E-state index contributed by atoms with van der Waals surface area (Å²) in [4.78, 5) is 12.1. The number of hydrogen-bond acceptors (Lipinski definition) is 2. The van der Waals surface area contributed by atoms with Crippen LogP contribution in [0.15, 0.2) is 28.7 Å². The van der Waals surface area contributed by atoms with E-state index in [-0.39, 0.29) is 11.0 Å². The molecular weight excluding hydrogens is 248 g/mol. The van der Waals surface area contributed by atoms with Gasteiger partial charge in [0.15, 0.2) is 11.0 Å². The quantitative estimate of drug-likeness (QED) is 0.773. The molecule has 0 atom stereocenters. The Labute approximate surface area is 112 Å². The second-order valence-electron chi connectivity index (χ2n) is 4.58. The fourth-order valence-corrected chi connectivity index (χ4v) is 2.35. The summed E-state index contributed by atoms with van der Waals surface area (Å²) in [5, 5.41) is 0.246. The van der Waals surface area contributed by atoms with Gasteiger partial charge < -0.3 is 4.42 Å². The highest BCUT2D eigenvalue weighted by atomic mass is 35.5. The van der Waals surface area contributed by atoms with Gasteiger partial charge in [-0.2, -0.15) is 0 Å². The number of carbonyl (C=O) groups is 1. The van der Waals surface area contributed by atoms with E-state index in [2.05, 4.69) is 19.1 Å². The first-order valence-corrected chi connectivity index (χ1v) is 6.20. The zero-order valence-corrected chi connectivity index (χ0v) is 11.5. The highest BCUT2D eigenvalue weighted by molar-refractivity contribution is 6.29. The third-order valence-electron chi connectivity index (χ3n) is 3.03. The Kier molecular flexibility index (Phi) is 3.58. The first kappa shape index (κ1) is 12.9. The third kappa shape index (κ3) is 2.65. The van der Waals surface area contributed by atoms with E-state index in [0.29, 0.717) is 12.2 Å². The van der Waals surface area contributed by atoms with Crippen molar-refractivity contribution in [2.24, 2.45) is 0 Å². The van der Waals surface area contributed by atoms with Crippen LogP contribution in [0.3, 0.4) is 0 Å². The number of aryl methyl sites for hydroxylation is 3. The van der Waals surface area contributed by atoms with Crippen molar-refractivity contribution in [1.29, 1.82) is 0 Å². The molecule has 0 fully saturated rings. The average Bonchev–Trinajstić information content (AvgIpc) is 2.70. The van der Waals surface area contributed by atoms with Gasteiger partial charge in [-0.3, -0.25) is 4.79 Å². The van der Waals surface area contributed by atoms with Crippen molar-refractivity contribution in [3.63, 3.8) is 0 Å². The largest absolute Gasteiger partial charge is 0.442 e. The van der Waals surface area contributed by atoms with Crippen LogP contribution in [-0.4, -0.2) is 5.78 Å². The average molecular weight is 263 g/mol. The Morgan fingerprint density at radius 3 is 2.28 bits per heavy atom. The Hall–Kier alpha value is -1.54. The van der Waals surface area contributed by atoms with Crippen LogP contribution < -0.4 is 0 Å². The molecule has 0 aliphatic heterocycles. The lowest BCUT2D eigenvalue weighted by atomic mass is 9.95. The predicted octanol–water partition coefficient (Wildman–Crippen LogP) is 4.28. The Balaban J connectivity index is 2.27. The zero-order chi connectivity index (χ0) is 13.3. The van der Waals surface area contributed by atoms with E-state index in [9.17, 15) is 4.79 Å². The normalized spacial score (nSPS) is 10.7. The summed E-state index contributed by atoms with van der Waals surface area (Å²) in [6, 6.07) is 7.38. The number of carbonyl (C=O) groups excluding carboxylic acids is 1. The third-order valence-corrected chi connectivity index (χ3v) is 3.23. The summed E-state index contributed by atoms with van der Waals surface area (Å²) < 4.78 is 5.14. The predicted molar refractivity (Wildman–Crippen MR) is 72.4 cm³/mol. The topological polar surface area (TPSA) is 30.2 Å². The molecule has 1 heterocycles. The van der Waals surface area contributed by atoms with Crippen molar-refractivity contribution in [3.8, 4) is 0 Å². The molecule has 1 aromatic carbocycles. The fraction of sp³-hybridized carbons (Fsp3) is 0.267. The van der Waals surface area contributed by atoms with E-state index in [1.54, 1.807) is 12.1 Å².